The summed E-state index contributed by atoms with van der Waals surface area (Å²) in [5, 5.41) is 4.05. The van der Waals surface area contributed by atoms with E-state index in [-0.39, 0.29) is 0 Å². The molecule has 0 aliphatic carbocycles. The van der Waals surface area contributed by atoms with Crippen LogP contribution in [0.1, 0.15) is 24.5 Å². The summed E-state index contributed by atoms with van der Waals surface area (Å²) in [4.78, 5) is 0. The number of hydrogen-bond donors (Lipinski definition) is 1. The van der Waals surface area contributed by atoms with Crippen molar-refractivity contribution < 1.29 is 4.74 Å². The molecular formula is C14H20ClNO. The van der Waals surface area contributed by atoms with Gasteiger partial charge in [-0.2, -0.15) is 0 Å². The smallest absolute Gasteiger partial charge is 0.125 e. The molecule has 0 spiro atoms. The molecule has 1 aliphatic rings. The van der Waals surface area contributed by atoms with Gasteiger partial charge in [-0.3, -0.25) is 0 Å². The number of halogens is 1. The van der Waals surface area contributed by atoms with E-state index in [9.17, 15) is 0 Å². The van der Waals surface area contributed by atoms with Crippen molar-refractivity contribution in [3.63, 3.8) is 0 Å². The second-order valence-corrected chi connectivity index (χ2v) is 5.29. The Labute approximate surface area is 108 Å². The van der Waals surface area contributed by atoms with Crippen LogP contribution in [0.15, 0.2) is 12.1 Å². The minimum atomic E-state index is 0.677. The molecule has 1 aliphatic heterocycles. The van der Waals surface area contributed by atoms with Crippen LogP contribution in [0.2, 0.25) is 5.02 Å². The molecule has 0 aromatic heterocycles. The Morgan fingerprint density at radius 2 is 2.29 bits per heavy atom. The minimum absolute atomic E-state index is 0.677. The van der Waals surface area contributed by atoms with Crippen LogP contribution in [0, 0.1) is 5.92 Å². The third-order valence-corrected chi connectivity index (χ3v) is 3.50. The fraction of sp³-hybridized carbons (Fsp3) is 0.571. The van der Waals surface area contributed by atoms with Gasteiger partial charge in [-0.1, -0.05) is 18.5 Å². The summed E-state index contributed by atoms with van der Waals surface area (Å²) in [7, 11) is 2.00. The van der Waals surface area contributed by atoms with Gasteiger partial charge in [-0.05, 0) is 55.6 Å². The molecule has 94 valence electrons. The zero-order valence-electron chi connectivity index (χ0n) is 10.6. The quantitative estimate of drug-likeness (QED) is 0.871. The van der Waals surface area contributed by atoms with Gasteiger partial charge < -0.3 is 10.1 Å². The summed E-state index contributed by atoms with van der Waals surface area (Å²) < 4.78 is 5.70. The van der Waals surface area contributed by atoms with Crippen LogP contribution in [0.5, 0.6) is 5.75 Å². The van der Waals surface area contributed by atoms with Gasteiger partial charge in [0, 0.05) is 11.4 Å². The van der Waals surface area contributed by atoms with E-state index in [2.05, 4.69) is 18.3 Å². The summed E-state index contributed by atoms with van der Waals surface area (Å²) in [6, 6.07) is 4.09. The maximum atomic E-state index is 6.14. The van der Waals surface area contributed by atoms with Crippen LogP contribution in [0.25, 0.3) is 0 Å². The topological polar surface area (TPSA) is 21.3 Å². The van der Waals surface area contributed by atoms with Crippen molar-refractivity contribution in [2.24, 2.45) is 5.92 Å². The first kappa shape index (κ1) is 12.7. The van der Waals surface area contributed by atoms with Crippen molar-refractivity contribution in [3.05, 3.63) is 28.3 Å². The molecule has 1 aromatic rings. The molecule has 0 saturated carbocycles. The Balaban J connectivity index is 2.05. The molecule has 0 saturated heterocycles. The normalized spacial score (nSPS) is 15.5. The molecule has 0 radical (unpaired) electrons. The monoisotopic (exact) mass is 253 g/mol. The average Bonchev–Trinajstić information content (AvgIpc) is 2.74. The summed E-state index contributed by atoms with van der Waals surface area (Å²) in [6.45, 7) is 4.13. The predicted molar refractivity (Wildman–Crippen MR) is 72.1 cm³/mol. The van der Waals surface area contributed by atoms with Crippen LogP contribution in [0.3, 0.4) is 0 Å². The van der Waals surface area contributed by atoms with Crippen molar-refractivity contribution >= 4 is 11.6 Å². The molecule has 17 heavy (non-hydrogen) atoms. The zero-order chi connectivity index (χ0) is 12.3. The molecule has 0 fully saturated rings. The van der Waals surface area contributed by atoms with Crippen LogP contribution < -0.4 is 10.1 Å². The van der Waals surface area contributed by atoms with Crippen molar-refractivity contribution in [2.45, 2.75) is 26.2 Å². The van der Waals surface area contributed by atoms with E-state index in [1.165, 1.54) is 11.1 Å². The van der Waals surface area contributed by atoms with Gasteiger partial charge in [-0.25, -0.2) is 0 Å². The second kappa shape index (κ2) is 5.74. The third kappa shape index (κ3) is 3.14. The van der Waals surface area contributed by atoms with E-state index in [0.717, 1.165) is 43.2 Å². The molecule has 0 amide bonds. The molecule has 2 rings (SSSR count). The number of rotatable bonds is 5. The first-order chi connectivity index (χ1) is 8.20. The van der Waals surface area contributed by atoms with E-state index in [4.69, 9.17) is 16.3 Å². The van der Waals surface area contributed by atoms with Gasteiger partial charge in [0.25, 0.3) is 0 Å². The fourth-order valence-corrected chi connectivity index (χ4v) is 2.65. The van der Waals surface area contributed by atoms with Crippen molar-refractivity contribution in [2.75, 3.05) is 20.2 Å². The van der Waals surface area contributed by atoms with Gasteiger partial charge in [0.15, 0.2) is 0 Å². The highest BCUT2D eigenvalue weighted by atomic mass is 35.5. The molecule has 1 unspecified atom stereocenters. The standard InChI is InChI=1S/C14H20ClNO/c1-10(9-16-2)3-4-11-7-13(15)8-12-5-6-17-14(11)12/h7-8,10,16H,3-6,9H2,1-2H3. The van der Waals surface area contributed by atoms with E-state index in [1.807, 2.05) is 13.1 Å². The van der Waals surface area contributed by atoms with Gasteiger partial charge in [0.1, 0.15) is 5.75 Å². The van der Waals surface area contributed by atoms with Crippen LogP contribution in [-0.4, -0.2) is 20.2 Å². The average molecular weight is 254 g/mol. The van der Waals surface area contributed by atoms with E-state index in [0.29, 0.717) is 5.92 Å². The highest BCUT2D eigenvalue weighted by Crippen LogP contribution is 2.33. The van der Waals surface area contributed by atoms with Crippen molar-refractivity contribution in [1.29, 1.82) is 0 Å². The lowest BCUT2D eigenvalue weighted by atomic mass is 9.98. The highest BCUT2D eigenvalue weighted by molar-refractivity contribution is 6.30. The fourth-order valence-electron chi connectivity index (χ4n) is 2.38. The predicted octanol–water partition coefficient (Wildman–Crippen LogP) is 3.06. The van der Waals surface area contributed by atoms with Crippen LogP contribution in [0.4, 0.5) is 0 Å². The lowest BCUT2D eigenvalue weighted by molar-refractivity contribution is 0.352. The molecule has 1 N–H and O–H groups in total. The summed E-state index contributed by atoms with van der Waals surface area (Å²) in [5.41, 5.74) is 2.54. The summed E-state index contributed by atoms with van der Waals surface area (Å²) in [5.74, 6) is 1.77. The lowest BCUT2D eigenvalue weighted by Crippen LogP contribution is -2.16. The number of nitrogens with one attached hydrogen (secondary N) is 1. The van der Waals surface area contributed by atoms with Crippen LogP contribution >= 0.6 is 11.6 Å². The van der Waals surface area contributed by atoms with Crippen LogP contribution in [-0.2, 0) is 12.8 Å². The van der Waals surface area contributed by atoms with Gasteiger partial charge in [-0.15, -0.1) is 0 Å². The van der Waals surface area contributed by atoms with Gasteiger partial charge >= 0.3 is 0 Å². The first-order valence-corrected chi connectivity index (χ1v) is 6.67. The largest absolute Gasteiger partial charge is 0.493 e. The number of fused-ring (bicyclic) bond motifs is 1. The molecule has 1 heterocycles. The van der Waals surface area contributed by atoms with E-state index >= 15 is 0 Å². The lowest BCUT2D eigenvalue weighted by Gasteiger charge is -2.13. The summed E-state index contributed by atoms with van der Waals surface area (Å²) >= 11 is 6.14. The Hall–Kier alpha value is -0.730. The zero-order valence-corrected chi connectivity index (χ0v) is 11.3. The third-order valence-electron chi connectivity index (χ3n) is 3.28. The van der Waals surface area contributed by atoms with E-state index in [1.54, 1.807) is 0 Å². The molecule has 0 bridgehead atoms. The minimum Gasteiger partial charge on any atom is -0.493 e. The number of hydrogen-bond acceptors (Lipinski definition) is 2. The Kier molecular flexibility index (Phi) is 4.30. The Morgan fingerprint density at radius 3 is 3.06 bits per heavy atom. The number of benzene rings is 1. The molecular weight excluding hydrogens is 234 g/mol. The van der Waals surface area contributed by atoms with E-state index < -0.39 is 0 Å². The molecule has 1 atom stereocenters. The molecule has 3 heteroatoms. The second-order valence-electron chi connectivity index (χ2n) is 4.85. The molecule has 2 nitrogen and oxygen atoms in total. The first-order valence-electron chi connectivity index (χ1n) is 6.29. The Morgan fingerprint density at radius 1 is 1.47 bits per heavy atom. The summed E-state index contributed by atoms with van der Waals surface area (Å²) in [6.07, 6.45) is 3.21. The van der Waals surface area contributed by atoms with Crippen molar-refractivity contribution in [3.8, 4) is 5.75 Å². The number of ether oxygens (including phenoxy) is 1. The highest BCUT2D eigenvalue weighted by Gasteiger charge is 2.17. The maximum absolute atomic E-state index is 6.14. The number of aryl methyl sites for hydroxylation is 1. The van der Waals surface area contributed by atoms with Gasteiger partial charge in [0.05, 0.1) is 6.61 Å². The SMILES string of the molecule is CNCC(C)CCc1cc(Cl)cc2c1OCC2. The Bertz CT molecular complexity index is 392. The van der Waals surface area contributed by atoms with Gasteiger partial charge in [0.2, 0.25) is 0 Å². The molecule has 1 aromatic carbocycles. The maximum Gasteiger partial charge on any atom is 0.125 e. The van der Waals surface area contributed by atoms with Crippen molar-refractivity contribution in [1.82, 2.24) is 5.32 Å².